The summed E-state index contributed by atoms with van der Waals surface area (Å²) >= 11 is 0. The van der Waals surface area contributed by atoms with Crippen LogP contribution in [-0.2, 0) is 0 Å². The zero-order valence-electron chi connectivity index (χ0n) is 14.6. The van der Waals surface area contributed by atoms with Crippen molar-refractivity contribution >= 4 is 0 Å². The fourth-order valence-corrected chi connectivity index (χ4v) is 5.33. The molecule has 3 heteroatoms. The standard InChI is InChI=1S/C22H26O3/c1-13(23)21-19-11-10-16(25)12-20(19)17-4-2-3-5-18(17)22(21)14-6-8-15(24)9-7-14/h6-13,17-18,21-25H,2-5H2,1H3/t13?,17-,18+,21+,22+/m1/s1. The summed E-state index contributed by atoms with van der Waals surface area (Å²) in [7, 11) is 0. The zero-order valence-corrected chi connectivity index (χ0v) is 14.6. The number of hydrogen-bond donors (Lipinski definition) is 3. The van der Waals surface area contributed by atoms with Gasteiger partial charge in [-0.05, 0) is 78.5 Å². The first-order chi connectivity index (χ1) is 12.1. The molecule has 0 saturated heterocycles. The molecule has 2 aromatic rings. The molecule has 1 saturated carbocycles. The molecule has 3 N–H and O–H groups in total. The van der Waals surface area contributed by atoms with E-state index in [1.165, 1.54) is 29.5 Å². The molecule has 0 spiro atoms. The molecule has 132 valence electrons. The Morgan fingerprint density at radius 3 is 2.28 bits per heavy atom. The first-order valence-electron chi connectivity index (χ1n) is 9.36. The predicted octanol–water partition coefficient (Wildman–Crippen LogP) is 4.63. The Labute approximate surface area is 149 Å². The van der Waals surface area contributed by atoms with E-state index in [0.29, 0.717) is 17.6 Å². The van der Waals surface area contributed by atoms with Crippen molar-refractivity contribution in [1.82, 2.24) is 0 Å². The maximum absolute atomic E-state index is 10.7. The summed E-state index contributed by atoms with van der Waals surface area (Å²) in [5.74, 6) is 1.74. The Morgan fingerprint density at radius 1 is 0.880 bits per heavy atom. The average molecular weight is 338 g/mol. The van der Waals surface area contributed by atoms with Gasteiger partial charge in [-0.2, -0.15) is 0 Å². The third-order valence-electron chi connectivity index (χ3n) is 6.29. The molecule has 0 aromatic heterocycles. The fourth-order valence-electron chi connectivity index (χ4n) is 5.33. The molecule has 4 rings (SSSR count). The van der Waals surface area contributed by atoms with Gasteiger partial charge in [0.1, 0.15) is 11.5 Å². The third-order valence-corrected chi connectivity index (χ3v) is 6.29. The highest BCUT2D eigenvalue weighted by Crippen LogP contribution is 2.57. The quantitative estimate of drug-likeness (QED) is 0.748. The molecule has 2 aliphatic carbocycles. The fraction of sp³-hybridized carbons (Fsp3) is 0.455. The van der Waals surface area contributed by atoms with E-state index in [-0.39, 0.29) is 17.6 Å². The number of aromatic hydroxyl groups is 2. The van der Waals surface area contributed by atoms with Crippen LogP contribution in [0.15, 0.2) is 42.5 Å². The molecular formula is C22H26O3. The predicted molar refractivity (Wildman–Crippen MR) is 98.1 cm³/mol. The van der Waals surface area contributed by atoms with Crippen molar-refractivity contribution in [3.8, 4) is 11.5 Å². The normalized spacial score (nSPS) is 29.5. The lowest BCUT2D eigenvalue weighted by molar-refractivity contribution is 0.107. The van der Waals surface area contributed by atoms with Crippen LogP contribution in [0.25, 0.3) is 0 Å². The molecule has 25 heavy (non-hydrogen) atoms. The summed E-state index contributed by atoms with van der Waals surface area (Å²) in [6.07, 6.45) is 4.26. The van der Waals surface area contributed by atoms with Crippen molar-refractivity contribution in [3.05, 3.63) is 59.2 Å². The summed E-state index contributed by atoms with van der Waals surface area (Å²) in [4.78, 5) is 0. The van der Waals surface area contributed by atoms with Gasteiger partial charge >= 0.3 is 0 Å². The summed E-state index contributed by atoms with van der Waals surface area (Å²) in [5.41, 5.74) is 3.60. The maximum atomic E-state index is 10.7. The van der Waals surface area contributed by atoms with Crippen molar-refractivity contribution in [1.29, 1.82) is 0 Å². The molecule has 2 aliphatic rings. The second-order valence-corrected chi connectivity index (χ2v) is 7.75. The van der Waals surface area contributed by atoms with Crippen molar-refractivity contribution in [2.75, 3.05) is 0 Å². The van der Waals surface area contributed by atoms with Gasteiger partial charge in [0.15, 0.2) is 0 Å². The van der Waals surface area contributed by atoms with E-state index in [9.17, 15) is 15.3 Å². The molecular weight excluding hydrogens is 312 g/mol. The molecule has 0 bridgehead atoms. The Balaban J connectivity index is 1.89. The third kappa shape index (κ3) is 2.81. The maximum Gasteiger partial charge on any atom is 0.115 e. The second-order valence-electron chi connectivity index (χ2n) is 7.75. The van der Waals surface area contributed by atoms with E-state index in [4.69, 9.17) is 0 Å². The molecule has 0 aliphatic heterocycles. The summed E-state index contributed by atoms with van der Waals surface area (Å²) in [5, 5.41) is 30.4. The minimum Gasteiger partial charge on any atom is -0.508 e. The van der Waals surface area contributed by atoms with Crippen LogP contribution in [0.1, 0.15) is 67.1 Å². The lowest BCUT2D eigenvalue weighted by Crippen LogP contribution is -2.37. The van der Waals surface area contributed by atoms with Crippen LogP contribution in [-0.4, -0.2) is 21.4 Å². The average Bonchev–Trinajstić information content (AvgIpc) is 2.61. The van der Waals surface area contributed by atoms with E-state index in [1.54, 1.807) is 18.2 Å². The van der Waals surface area contributed by atoms with Gasteiger partial charge in [-0.3, -0.25) is 0 Å². The molecule has 0 amide bonds. The van der Waals surface area contributed by atoms with Crippen LogP contribution in [0.3, 0.4) is 0 Å². The zero-order chi connectivity index (χ0) is 17.6. The van der Waals surface area contributed by atoms with Gasteiger partial charge in [0.05, 0.1) is 6.10 Å². The lowest BCUT2D eigenvalue weighted by atomic mass is 9.57. The van der Waals surface area contributed by atoms with Gasteiger partial charge in [0, 0.05) is 5.92 Å². The number of hydrogen-bond acceptors (Lipinski definition) is 3. The largest absolute Gasteiger partial charge is 0.508 e. The minimum atomic E-state index is -0.468. The summed E-state index contributed by atoms with van der Waals surface area (Å²) in [6.45, 7) is 1.87. The summed E-state index contributed by atoms with van der Waals surface area (Å²) < 4.78 is 0. The lowest BCUT2D eigenvalue weighted by Gasteiger charge is -2.48. The van der Waals surface area contributed by atoms with Gasteiger partial charge < -0.3 is 15.3 Å². The first-order valence-corrected chi connectivity index (χ1v) is 9.36. The van der Waals surface area contributed by atoms with E-state index in [2.05, 4.69) is 0 Å². The number of phenols is 2. The Bertz CT molecular complexity index is 750. The minimum absolute atomic E-state index is 0.0134. The molecule has 0 heterocycles. The Hall–Kier alpha value is -2.00. The van der Waals surface area contributed by atoms with E-state index in [1.807, 2.05) is 31.2 Å². The van der Waals surface area contributed by atoms with E-state index >= 15 is 0 Å². The SMILES string of the molecule is CC(O)[C@H]1c2ccc(O)cc2[C@@H]2CCCC[C@@H]2[C@@H]1c1ccc(O)cc1. The monoisotopic (exact) mass is 338 g/mol. The smallest absolute Gasteiger partial charge is 0.115 e. The highest BCUT2D eigenvalue weighted by atomic mass is 16.3. The topological polar surface area (TPSA) is 60.7 Å². The van der Waals surface area contributed by atoms with Gasteiger partial charge in [-0.1, -0.05) is 31.0 Å². The first kappa shape index (κ1) is 16.5. The highest BCUT2D eigenvalue weighted by Gasteiger charge is 2.45. The number of rotatable bonds is 2. The van der Waals surface area contributed by atoms with Crippen LogP contribution in [0.5, 0.6) is 11.5 Å². The molecule has 2 aromatic carbocycles. The van der Waals surface area contributed by atoms with Gasteiger partial charge in [-0.25, -0.2) is 0 Å². The second kappa shape index (κ2) is 6.38. The Kier molecular flexibility index (Phi) is 4.20. The van der Waals surface area contributed by atoms with Crippen molar-refractivity contribution in [2.45, 2.75) is 56.5 Å². The van der Waals surface area contributed by atoms with Crippen molar-refractivity contribution in [3.63, 3.8) is 0 Å². The summed E-state index contributed by atoms with van der Waals surface area (Å²) in [6, 6.07) is 13.2. The molecule has 0 radical (unpaired) electrons. The molecule has 1 fully saturated rings. The van der Waals surface area contributed by atoms with E-state index in [0.717, 1.165) is 12.8 Å². The van der Waals surface area contributed by atoms with Crippen molar-refractivity contribution < 1.29 is 15.3 Å². The molecule has 5 atom stereocenters. The van der Waals surface area contributed by atoms with Crippen LogP contribution >= 0.6 is 0 Å². The Morgan fingerprint density at radius 2 is 1.56 bits per heavy atom. The van der Waals surface area contributed by atoms with Crippen LogP contribution in [0.2, 0.25) is 0 Å². The number of benzene rings is 2. The van der Waals surface area contributed by atoms with Gasteiger partial charge in [0.2, 0.25) is 0 Å². The number of aliphatic hydroxyl groups is 1. The highest BCUT2D eigenvalue weighted by molar-refractivity contribution is 5.46. The van der Waals surface area contributed by atoms with Gasteiger partial charge in [-0.15, -0.1) is 0 Å². The van der Waals surface area contributed by atoms with Crippen LogP contribution in [0.4, 0.5) is 0 Å². The van der Waals surface area contributed by atoms with Crippen LogP contribution in [0, 0.1) is 5.92 Å². The number of phenolic OH excluding ortho intramolecular Hbond substituents is 2. The number of fused-ring (bicyclic) bond motifs is 3. The van der Waals surface area contributed by atoms with Gasteiger partial charge in [0.25, 0.3) is 0 Å². The van der Waals surface area contributed by atoms with E-state index < -0.39 is 6.10 Å². The number of aliphatic hydroxyl groups excluding tert-OH is 1. The molecule has 1 unspecified atom stereocenters. The van der Waals surface area contributed by atoms with Crippen LogP contribution < -0.4 is 0 Å². The molecule has 3 nitrogen and oxygen atoms in total. The van der Waals surface area contributed by atoms with Crippen molar-refractivity contribution in [2.24, 2.45) is 5.92 Å².